The van der Waals surface area contributed by atoms with Crippen molar-refractivity contribution in [2.75, 3.05) is 13.1 Å². The smallest absolute Gasteiger partial charge is 0.309 e. The third-order valence-electron chi connectivity index (χ3n) is 4.37. The lowest BCUT2D eigenvalue weighted by molar-refractivity contribution is -0.139. The van der Waals surface area contributed by atoms with Crippen LogP contribution in [0.25, 0.3) is 0 Å². The van der Waals surface area contributed by atoms with Crippen molar-refractivity contribution in [3.8, 4) is 0 Å². The predicted octanol–water partition coefficient (Wildman–Crippen LogP) is 2.14. The second-order valence-electron chi connectivity index (χ2n) is 6.75. The molecule has 1 aromatic heterocycles. The molecule has 0 radical (unpaired) electrons. The van der Waals surface area contributed by atoms with E-state index in [1.54, 1.807) is 36.4 Å². The van der Waals surface area contributed by atoms with Gasteiger partial charge in [0.15, 0.2) is 9.84 Å². The zero-order chi connectivity index (χ0) is 21.4. The van der Waals surface area contributed by atoms with Gasteiger partial charge in [0.1, 0.15) is 5.25 Å². The first-order valence-electron chi connectivity index (χ1n) is 9.18. The van der Waals surface area contributed by atoms with Crippen molar-refractivity contribution in [3.05, 3.63) is 72.6 Å². The lowest BCUT2D eigenvalue weighted by atomic mass is 10.0. The fourth-order valence-corrected chi connectivity index (χ4v) is 4.34. The molecule has 0 fully saturated rings. The van der Waals surface area contributed by atoms with Crippen LogP contribution in [0.2, 0.25) is 0 Å². The number of pyridine rings is 1. The molecular weight excluding hydrogens is 390 g/mol. The Bertz CT molecular complexity index is 955. The average Bonchev–Trinajstić information content (AvgIpc) is 2.72. The maximum atomic E-state index is 13.3. The molecular formula is C21H25N3O4S. The number of carbonyl (C=O) groups is 2. The van der Waals surface area contributed by atoms with Crippen molar-refractivity contribution >= 4 is 21.7 Å². The van der Waals surface area contributed by atoms with Crippen LogP contribution in [0.1, 0.15) is 36.1 Å². The van der Waals surface area contributed by atoms with Gasteiger partial charge >= 0.3 is 11.8 Å². The molecule has 0 bridgehead atoms. The van der Waals surface area contributed by atoms with E-state index in [0.717, 1.165) is 5.56 Å². The van der Waals surface area contributed by atoms with Gasteiger partial charge in [0.25, 0.3) is 0 Å². The van der Waals surface area contributed by atoms with Crippen LogP contribution in [0.5, 0.6) is 0 Å². The Morgan fingerprint density at radius 3 is 2.28 bits per heavy atom. The first kappa shape index (κ1) is 22.3. The summed E-state index contributed by atoms with van der Waals surface area (Å²) in [6.45, 7) is 7.38. The summed E-state index contributed by atoms with van der Waals surface area (Å²) in [6, 6.07) is 9.93. The Kier molecular flexibility index (Phi) is 7.67. The minimum Gasteiger partial charge on any atom is -0.346 e. The van der Waals surface area contributed by atoms with E-state index < -0.39 is 26.9 Å². The van der Waals surface area contributed by atoms with E-state index in [9.17, 15) is 18.0 Å². The SMILES string of the molecule is C=CCNC(=O)C(=O)NC[C@@H](c1cccnc1)S(=O)(=O)c1ccc(C(C)C)cc1. The summed E-state index contributed by atoms with van der Waals surface area (Å²) in [4.78, 5) is 27.9. The van der Waals surface area contributed by atoms with Gasteiger partial charge in [-0.1, -0.05) is 38.1 Å². The molecule has 8 heteroatoms. The zero-order valence-electron chi connectivity index (χ0n) is 16.5. The molecule has 2 aromatic rings. The first-order valence-corrected chi connectivity index (χ1v) is 10.7. The van der Waals surface area contributed by atoms with Crippen LogP contribution in [0.3, 0.4) is 0 Å². The highest BCUT2D eigenvalue weighted by Crippen LogP contribution is 2.29. The molecule has 1 aromatic carbocycles. The van der Waals surface area contributed by atoms with Crippen LogP contribution < -0.4 is 10.6 Å². The van der Waals surface area contributed by atoms with Gasteiger partial charge < -0.3 is 10.6 Å². The number of sulfone groups is 1. The van der Waals surface area contributed by atoms with E-state index in [1.807, 2.05) is 13.8 Å². The van der Waals surface area contributed by atoms with Crippen molar-refractivity contribution in [1.29, 1.82) is 0 Å². The molecule has 2 rings (SSSR count). The van der Waals surface area contributed by atoms with Gasteiger partial charge in [0.05, 0.1) is 4.90 Å². The van der Waals surface area contributed by atoms with Crippen molar-refractivity contribution < 1.29 is 18.0 Å². The van der Waals surface area contributed by atoms with Crippen LogP contribution >= 0.6 is 0 Å². The van der Waals surface area contributed by atoms with Crippen LogP contribution in [0, 0.1) is 0 Å². The second kappa shape index (κ2) is 9.97. The third-order valence-corrected chi connectivity index (χ3v) is 6.48. The van der Waals surface area contributed by atoms with Gasteiger partial charge in [0, 0.05) is 25.5 Å². The van der Waals surface area contributed by atoms with Crippen LogP contribution in [-0.2, 0) is 19.4 Å². The Labute approximate surface area is 171 Å². The number of nitrogens with one attached hydrogen (secondary N) is 2. The van der Waals surface area contributed by atoms with Crippen molar-refractivity contribution in [2.24, 2.45) is 0 Å². The van der Waals surface area contributed by atoms with Gasteiger partial charge in [0.2, 0.25) is 0 Å². The molecule has 2 N–H and O–H groups in total. The van der Waals surface area contributed by atoms with E-state index in [4.69, 9.17) is 0 Å². The molecule has 1 heterocycles. The molecule has 0 saturated heterocycles. The third kappa shape index (κ3) is 5.74. The fraction of sp³-hybridized carbons (Fsp3) is 0.286. The maximum Gasteiger partial charge on any atom is 0.309 e. The standard InChI is InChI=1S/C21H25N3O4S/c1-4-11-23-20(25)21(26)24-14-19(17-6-5-12-22-13-17)29(27,28)18-9-7-16(8-10-18)15(2)3/h4-10,12-13,15,19H,1,11,14H2,2-3H3,(H,23,25)(H,24,26)/t19-/m0/s1. The van der Waals surface area contributed by atoms with Crippen molar-refractivity contribution in [3.63, 3.8) is 0 Å². The molecule has 0 aliphatic heterocycles. The molecule has 0 unspecified atom stereocenters. The Balaban J connectivity index is 2.29. The Morgan fingerprint density at radius 1 is 1.07 bits per heavy atom. The van der Waals surface area contributed by atoms with E-state index in [0.29, 0.717) is 5.56 Å². The Hall–Kier alpha value is -3.00. The van der Waals surface area contributed by atoms with Crippen LogP contribution in [-0.4, -0.2) is 38.3 Å². The minimum absolute atomic E-state index is 0.138. The normalized spacial score (nSPS) is 12.2. The number of benzene rings is 1. The molecule has 154 valence electrons. The summed E-state index contributed by atoms with van der Waals surface area (Å²) in [5.41, 5.74) is 1.45. The molecule has 29 heavy (non-hydrogen) atoms. The largest absolute Gasteiger partial charge is 0.346 e. The summed E-state index contributed by atoms with van der Waals surface area (Å²) in [6.07, 6.45) is 4.41. The summed E-state index contributed by atoms with van der Waals surface area (Å²) < 4.78 is 26.6. The number of carbonyl (C=O) groups excluding carboxylic acids is 2. The Morgan fingerprint density at radius 2 is 1.72 bits per heavy atom. The summed E-state index contributed by atoms with van der Waals surface area (Å²) in [5.74, 6) is -1.49. The van der Waals surface area contributed by atoms with Gasteiger partial charge in [-0.25, -0.2) is 8.42 Å². The van der Waals surface area contributed by atoms with Gasteiger partial charge in [-0.2, -0.15) is 0 Å². The van der Waals surface area contributed by atoms with E-state index >= 15 is 0 Å². The van der Waals surface area contributed by atoms with Crippen LogP contribution in [0.15, 0.2) is 66.3 Å². The lowest BCUT2D eigenvalue weighted by Gasteiger charge is -2.19. The van der Waals surface area contributed by atoms with E-state index in [1.165, 1.54) is 18.5 Å². The highest BCUT2D eigenvalue weighted by atomic mass is 32.2. The number of aromatic nitrogens is 1. The lowest BCUT2D eigenvalue weighted by Crippen LogP contribution is -2.42. The quantitative estimate of drug-likeness (QED) is 0.508. The first-order chi connectivity index (χ1) is 13.8. The van der Waals surface area contributed by atoms with Gasteiger partial charge in [-0.15, -0.1) is 6.58 Å². The molecule has 7 nitrogen and oxygen atoms in total. The molecule has 0 saturated carbocycles. The maximum absolute atomic E-state index is 13.3. The van der Waals surface area contributed by atoms with Crippen LogP contribution in [0.4, 0.5) is 0 Å². The molecule has 0 aliphatic carbocycles. The number of hydrogen-bond acceptors (Lipinski definition) is 5. The second-order valence-corrected chi connectivity index (χ2v) is 8.88. The summed E-state index contributed by atoms with van der Waals surface area (Å²) in [7, 11) is -3.84. The average molecular weight is 416 g/mol. The predicted molar refractivity (Wildman–Crippen MR) is 111 cm³/mol. The van der Waals surface area contributed by atoms with Gasteiger partial charge in [-0.3, -0.25) is 14.6 Å². The minimum atomic E-state index is -3.84. The molecule has 0 spiro atoms. The molecule has 1 atom stereocenters. The fourth-order valence-electron chi connectivity index (χ4n) is 2.69. The number of amides is 2. The highest BCUT2D eigenvalue weighted by molar-refractivity contribution is 7.91. The van der Waals surface area contributed by atoms with E-state index in [2.05, 4.69) is 22.2 Å². The number of hydrogen-bond donors (Lipinski definition) is 2. The molecule has 0 aliphatic rings. The van der Waals surface area contributed by atoms with Crippen molar-refractivity contribution in [2.45, 2.75) is 29.9 Å². The highest BCUT2D eigenvalue weighted by Gasteiger charge is 2.30. The topological polar surface area (TPSA) is 105 Å². The number of nitrogens with zero attached hydrogens (tertiary/aromatic N) is 1. The molecule has 2 amide bonds. The zero-order valence-corrected chi connectivity index (χ0v) is 17.3. The van der Waals surface area contributed by atoms with E-state index in [-0.39, 0.29) is 23.9 Å². The van der Waals surface area contributed by atoms with Gasteiger partial charge in [-0.05, 0) is 35.2 Å². The van der Waals surface area contributed by atoms with Crippen molar-refractivity contribution in [1.82, 2.24) is 15.6 Å². The summed E-state index contributed by atoms with van der Waals surface area (Å²) in [5, 5.41) is 3.67. The summed E-state index contributed by atoms with van der Waals surface area (Å²) >= 11 is 0. The monoisotopic (exact) mass is 415 g/mol. The number of rotatable bonds is 8.